The number of methoxy groups -OCH3 is 1. The van der Waals surface area contributed by atoms with Crippen LogP contribution in [-0.4, -0.2) is 23.2 Å². The SMILES string of the molecule is COc1cc(/C=C2\SC(=O)N(Cc3cccc4ccccc34)C2=O)cc(Cl)c1OCc1ccc(Cl)cc1. The number of imide groups is 1. The van der Waals surface area contributed by atoms with Crippen molar-refractivity contribution >= 4 is 63.0 Å². The number of carbonyl (C=O) groups is 2. The molecule has 0 aromatic heterocycles. The van der Waals surface area contributed by atoms with E-state index < -0.39 is 0 Å². The van der Waals surface area contributed by atoms with Crippen LogP contribution >= 0.6 is 35.0 Å². The zero-order chi connectivity index (χ0) is 25.9. The molecule has 4 aromatic rings. The maximum absolute atomic E-state index is 13.2. The van der Waals surface area contributed by atoms with E-state index in [1.54, 1.807) is 30.3 Å². The smallest absolute Gasteiger partial charge is 0.293 e. The van der Waals surface area contributed by atoms with Crippen molar-refractivity contribution in [1.82, 2.24) is 4.90 Å². The monoisotopic (exact) mass is 549 g/mol. The van der Waals surface area contributed by atoms with E-state index in [0.717, 1.165) is 33.7 Å². The highest BCUT2D eigenvalue weighted by atomic mass is 35.5. The Bertz CT molecular complexity index is 1530. The predicted molar refractivity (Wildman–Crippen MR) is 149 cm³/mol. The van der Waals surface area contributed by atoms with Gasteiger partial charge in [-0.3, -0.25) is 14.5 Å². The number of hydrogen-bond donors (Lipinski definition) is 0. The van der Waals surface area contributed by atoms with Crippen molar-refractivity contribution in [1.29, 1.82) is 0 Å². The first-order chi connectivity index (χ1) is 17.9. The molecule has 0 bridgehead atoms. The summed E-state index contributed by atoms with van der Waals surface area (Å²) in [6.07, 6.45) is 1.64. The molecule has 0 radical (unpaired) electrons. The number of hydrogen-bond acceptors (Lipinski definition) is 5. The molecule has 0 unspecified atom stereocenters. The predicted octanol–water partition coefficient (Wildman–Crippen LogP) is 7.97. The molecule has 0 aliphatic carbocycles. The first-order valence-corrected chi connectivity index (χ1v) is 13.0. The van der Waals surface area contributed by atoms with Gasteiger partial charge in [0.2, 0.25) is 0 Å². The van der Waals surface area contributed by atoms with E-state index in [9.17, 15) is 9.59 Å². The Hall–Kier alpha value is -3.45. The molecule has 2 amide bonds. The van der Waals surface area contributed by atoms with Crippen LogP contribution in [0.4, 0.5) is 4.79 Å². The summed E-state index contributed by atoms with van der Waals surface area (Å²) in [5, 5.41) is 2.73. The molecule has 37 heavy (non-hydrogen) atoms. The Morgan fingerprint density at radius 1 is 0.946 bits per heavy atom. The summed E-state index contributed by atoms with van der Waals surface area (Å²) < 4.78 is 11.4. The summed E-state index contributed by atoms with van der Waals surface area (Å²) in [4.78, 5) is 27.5. The lowest BCUT2D eigenvalue weighted by molar-refractivity contribution is -0.123. The molecule has 0 saturated carbocycles. The fraction of sp³-hybridized carbons (Fsp3) is 0.103. The number of halogens is 2. The molecule has 1 aliphatic rings. The van der Waals surface area contributed by atoms with Crippen LogP contribution in [0.2, 0.25) is 10.0 Å². The Morgan fingerprint density at radius 3 is 2.49 bits per heavy atom. The number of thioether (sulfide) groups is 1. The molecule has 5 nitrogen and oxygen atoms in total. The van der Waals surface area contributed by atoms with Crippen LogP contribution in [0.5, 0.6) is 11.5 Å². The minimum absolute atomic E-state index is 0.199. The zero-order valence-electron chi connectivity index (χ0n) is 19.7. The van der Waals surface area contributed by atoms with Crippen LogP contribution in [-0.2, 0) is 17.9 Å². The maximum Gasteiger partial charge on any atom is 0.293 e. The second kappa shape index (κ2) is 10.9. The average Bonchev–Trinajstić information content (AvgIpc) is 3.16. The summed E-state index contributed by atoms with van der Waals surface area (Å²) in [6, 6.07) is 24.5. The number of carbonyl (C=O) groups excluding carboxylic acids is 2. The van der Waals surface area contributed by atoms with Gasteiger partial charge in [0.05, 0.1) is 23.6 Å². The molecule has 1 heterocycles. The summed E-state index contributed by atoms with van der Waals surface area (Å²) >= 11 is 13.4. The van der Waals surface area contributed by atoms with Crippen LogP contribution in [0.15, 0.2) is 83.8 Å². The number of rotatable bonds is 7. The van der Waals surface area contributed by atoms with Gasteiger partial charge in [0, 0.05) is 5.02 Å². The van der Waals surface area contributed by atoms with Crippen molar-refractivity contribution in [2.45, 2.75) is 13.2 Å². The fourth-order valence-corrected chi connectivity index (χ4v) is 5.33. The normalized spacial score (nSPS) is 14.6. The maximum atomic E-state index is 13.2. The standard InChI is InChI=1S/C29H21Cl2NO4S/c1-35-25-14-19(13-24(31)27(25)36-17-18-9-11-22(30)12-10-18)15-26-28(33)32(29(34)37-26)16-21-7-4-6-20-5-2-3-8-23(20)21/h2-15H,16-17H2,1H3/b26-15-. The third-order valence-electron chi connectivity index (χ3n) is 5.93. The number of ether oxygens (including phenoxy) is 2. The van der Waals surface area contributed by atoms with E-state index in [4.69, 9.17) is 32.7 Å². The Kier molecular flexibility index (Phi) is 7.42. The van der Waals surface area contributed by atoms with Gasteiger partial charge < -0.3 is 9.47 Å². The topological polar surface area (TPSA) is 55.8 Å². The van der Waals surface area contributed by atoms with Gasteiger partial charge in [0.1, 0.15) is 6.61 Å². The second-order valence-corrected chi connectivity index (χ2v) is 10.2. The van der Waals surface area contributed by atoms with Gasteiger partial charge in [-0.1, -0.05) is 77.8 Å². The van der Waals surface area contributed by atoms with Gasteiger partial charge in [-0.25, -0.2) is 0 Å². The van der Waals surface area contributed by atoms with Gasteiger partial charge in [0.15, 0.2) is 11.5 Å². The van der Waals surface area contributed by atoms with E-state index in [1.807, 2.05) is 54.6 Å². The van der Waals surface area contributed by atoms with Crippen LogP contribution in [0.1, 0.15) is 16.7 Å². The summed E-state index contributed by atoms with van der Waals surface area (Å²) in [5.74, 6) is 0.462. The van der Waals surface area contributed by atoms with Gasteiger partial charge in [-0.15, -0.1) is 0 Å². The van der Waals surface area contributed by atoms with Gasteiger partial charge in [-0.05, 0) is 69.6 Å². The van der Waals surface area contributed by atoms with E-state index in [-0.39, 0.29) is 24.3 Å². The summed E-state index contributed by atoms with van der Waals surface area (Å²) in [6.45, 7) is 0.477. The molecule has 0 N–H and O–H groups in total. The number of amides is 2. The van der Waals surface area contributed by atoms with Crippen LogP contribution < -0.4 is 9.47 Å². The number of fused-ring (bicyclic) bond motifs is 1. The average molecular weight is 550 g/mol. The van der Waals surface area contributed by atoms with Crippen LogP contribution in [0.25, 0.3) is 16.8 Å². The molecular weight excluding hydrogens is 529 g/mol. The minimum Gasteiger partial charge on any atom is -0.493 e. The largest absolute Gasteiger partial charge is 0.493 e. The van der Waals surface area contributed by atoms with Crippen molar-refractivity contribution in [3.05, 3.63) is 111 Å². The zero-order valence-corrected chi connectivity index (χ0v) is 22.1. The van der Waals surface area contributed by atoms with Crippen LogP contribution in [0.3, 0.4) is 0 Å². The van der Waals surface area contributed by atoms with Crippen LogP contribution in [0, 0.1) is 0 Å². The second-order valence-electron chi connectivity index (χ2n) is 8.36. The van der Waals surface area contributed by atoms with Gasteiger partial charge in [-0.2, -0.15) is 0 Å². The highest BCUT2D eigenvalue weighted by Gasteiger charge is 2.35. The summed E-state index contributed by atoms with van der Waals surface area (Å²) in [7, 11) is 1.52. The van der Waals surface area contributed by atoms with Crippen molar-refractivity contribution in [2.75, 3.05) is 7.11 Å². The highest BCUT2D eigenvalue weighted by molar-refractivity contribution is 8.18. The third-order valence-corrected chi connectivity index (χ3v) is 7.37. The van der Waals surface area contributed by atoms with E-state index in [1.165, 1.54) is 12.0 Å². The third kappa shape index (κ3) is 5.47. The van der Waals surface area contributed by atoms with Crippen molar-refractivity contribution in [3.8, 4) is 11.5 Å². The molecule has 0 spiro atoms. The number of benzene rings is 4. The lowest BCUT2D eigenvalue weighted by Gasteiger charge is -2.14. The molecule has 0 atom stereocenters. The Labute approximate surface area is 228 Å². The molecule has 5 rings (SSSR count). The highest BCUT2D eigenvalue weighted by Crippen LogP contribution is 2.40. The van der Waals surface area contributed by atoms with E-state index in [0.29, 0.717) is 32.0 Å². The van der Waals surface area contributed by atoms with E-state index in [2.05, 4.69) is 0 Å². The minimum atomic E-state index is -0.346. The lowest BCUT2D eigenvalue weighted by atomic mass is 10.0. The molecule has 8 heteroatoms. The molecule has 186 valence electrons. The van der Waals surface area contributed by atoms with Gasteiger partial charge in [0.25, 0.3) is 11.1 Å². The quantitative estimate of drug-likeness (QED) is 0.219. The molecule has 1 aliphatic heterocycles. The fourth-order valence-electron chi connectivity index (χ4n) is 4.09. The first-order valence-electron chi connectivity index (χ1n) is 11.4. The van der Waals surface area contributed by atoms with Gasteiger partial charge >= 0.3 is 0 Å². The first kappa shape index (κ1) is 25.2. The molecular formula is C29H21Cl2NO4S. The lowest BCUT2D eigenvalue weighted by Crippen LogP contribution is -2.27. The Morgan fingerprint density at radius 2 is 1.70 bits per heavy atom. The molecule has 1 fully saturated rings. The van der Waals surface area contributed by atoms with Crippen molar-refractivity contribution in [2.24, 2.45) is 0 Å². The molecule has 4 aromatic carbocycles. The van der Waals surface area contributed by atoms with Crippen molar-refractivity contribution in [3.63, 3.8) is 0 Å². The number of nitrogens with zero attached hydrogens (tertiary/aromatic N) is 1. The summed E-state index contributed by atoms with van der Waals surface area (Å²) in [5.41, 5.74) is 2.45. The van der Waals surface area contributed by atoms with E-state index >= 15 is 0 Å². The van der Waals surface area contributed by atoms with Crippen molar-refractivity contribution < 1.29 is 19.1 Å². The Balaban J connectivity index is 1.36. The molecule has 1 saturated heterocycles.